The van der Waals surface area contributed by atoms with E-state index in [0.29, 0.717) is 24.1 Å². The van der Waals surface area contributed by atoms with Gasteiger partial charge in [0.1, 0.15) is 0 Å². The normalized spacial score (nSPS) is 13.8. The summed E-state index contributed by atoms with van der Waals surface area (Å²) in [6.07, 6.45) is 1.14. The molecule has 0 saturated heterocycles. The van der Waals surface area contributed by atoms with Crippen LogP contribution >= 0.6 is 35.6 Å². The molecule has 9 heteroatoms. The zero-order valence-corrected chi connectivity index (χ0v) is 19.2. The summed E-state index contributed by atoms with van der Waals surface area (Å²) >= 11 is 6.22. The first-order chi connectivity index (χ1) is 11.0. The molecule has 1 rings (SSSR count). The molecule has 144 valence electrons. The number of hydrogen-bond acceptors (Lipinski definition) is 3. The maximum atomic E-state index is 11.4. The molecule has 0 aliphatic heterocycles. The Hall–Kier alpha value is -0.580. The monoisotopic (exact) mass is 502 g/mol. The first kappa shape index (κ1) is 24.4. The van der Waals surface area contributed by atoms with E-state index in [-0.39, 0.29) is 30.0 Å². The molecule has 0 fully saturated rings. The van der Waals surface area contributed by atoms with Crippen LogP contribution in [-0.2, 0) is 10.0 Å². The predicted octanol–water partition coefficient (Wildman–Crippen LogP) is 2.90. The third kappa shape index (κ3) is 9.62. The molecule has 25 heavy (non-hydrogen) atoms. The van der Waals surface area contributed by atoms with Crippen molar-refractivity contribution >= 4 is 51.6 Å². The predicted molar refractivity (Wildman–Crippen MR) is 116 cm³/mol. The second kappa shape index (κ2) is 10.5. The molecule has 0 aliphatic carbocycles. The van der Waals surface area contributed by atoms with Gasteiger partial charge < -0.3 is 10.6 Å². The van der Waals surface area contributed by atoms with E-state index in [0.717, 1.165) is 11.8 Å². The van der Waals surface area contributed by atoms with Crippen LogP contribution in [0.5, 0.6) is 0 Å². The summed E-state index contributed by atoms with van der Waals surface area (Å²) in [4.78, 5) is 4.49. The van der Waals surface area contributed by atoms with Gasteiger partial charge in [0.15, 0.2) is 5.96 Å². The third-order valence-corrected chi connectivity index (χ3v) is 4.43. The third-order valence-electron chi connectivity index (χ3n) is 3.16. The Morgan fingerprint density at radius 3 is 2.44 bits per heavy atom. The van der Waals surface area contributed by atoms with Crippen molar-refractivity contribution in [3.8, 4) is 0 Å². The maximum absolute atomic E-state index is 11.4. The summed E-state index contributed by atoms with van der Waals surface area (Å²) in [5.74, 6) is 0.605. The van der Waals surface area contributed by atoms with Gasteiger partial charge in [0.25, 0.3) is 0 Å². The molecule has 0 aliphatic rings. The Labute approximate surface area is 173 Å². The Bertz CT molecular complexity index is 680. The van der Waals surface area contributed by atoms with Crippen molar-refractivity contribution in [2.45, 2.75) is 39.3 Å². The second-order valence-corrected chi connectivity index (χ2v) is 8.50. The molecule has 0 spiro atoms. The Balaban J connectivity index is 0.00000576. The minimum Gasteiger partial charge on any atom is -0.357 e. The van der Waals surface area contributed by atoms with Gasteiger partial charge in [-0.2, -0.15) is 0 Å². The lowest BCUT2D eigenvalue weighted by Gasteiger charge is -2.24. The first-order valence-corrected chi connectivity index (χ1v) is 10.1. The van der Waals surface area contributed by atoms with Gasteiger partial charge in [-0.1, -0.05) is 29.8 Å². The van der Waals surface area contributed by atoms with Gasteiger partial charge in [-0.3, -0.25) is 4.99 Å². The van der Waals surface area contributed by atoms with E-state index in [1.807, 2.05) is 38.1 Å². The van der Waals surface area contributed by atoms with Crippen molar-refractivity contribution in [2.24, 2.45) is 4.99 Å². The molecular formula is C16H28ClIN4O2S. The SMILES string of the molecule is CCNC(=NCC(C)(C)NS(C)(=O)=O)NC(C)c1ccccc1Cl.I. The standard InChI is InChI=1S/C16H27ClN4O2S.HI/c1-6-18-15(19-11-16(3,4)21-24(5,22)23)20-12(2)13-9-7-8-10-14(13)17;/h7-10,12,21H,6,11H2,1-5H3,(H2,18,19,20);1H. The average Bonchev–Trinajstić information content (AvgIpc) is 2.43. The minimum atomic E-state index is -3.29. The van der Waals surface area contributed by atoms with E-state index >= 15 is 0 Å². The average molecular weight is 503 g/mol. The maximum Gasteiger partial charge on any atom is 0.209 e. The fourth-order valence-electron chi connectivity index (χ4n) is 2.24. The zero-order chi connectivity index (χ0) is 18.4. The van der Waals surface area contributed by atoms with Crippen LogP contribution < -0.4 is 15.4 Å². The number of halogens is 2. The van der Waals surface area contributed by atoms with Crippen molar-refractivity contribution in [3.63, 3.8) is 0 Å². The molecule has 1 unspecified atom stereocenters. The topological polar surface area (TPSA) is 82.6 Å². The molecule has 0 aromatic heterocycles. The van der Waals surface area contributed by atoms with Gasteiger partial charge >= 0.3 is 0 Å². The minimum absolute atomic E-state index is 0. The summed E-state index contributed by atoms with van der Waals surface area (Å²) in [6.45, 7) is 8.54. The number of hydrogen-bond donors (Lipinski definition) is 3. The lowest BCUT2D eigenvalue weighted by atomic mass is 10.1. The van der Waals surface area contributed by atoms with E-state index in [1.54, 1.807) is 13.8 Å². The number of benzene rings is 1. The highest BCUT2D eigenvalue weighted by Crippen LogP contribution is 2.21. The molecule has 0 heterocycles. The summed E-state index contributed by atoms with van der Waals surface area (Å²) in [6, 6.07) is 7.58. The Morgan fingerprint density at radius 1 is 1.32 bits per heavy atom. The number of guanidine groups is 1. The van der Waals surface area contributed by atoms with E-state index in [2.05, 4.69) is 20.3 Å². The van der Waals surface area contributed by atoms with E-state index < -0.39 is 15.6 Å². The highest BCUT2D eigenvalue weighted by atomic mass is 127. The quantitative estimate of drug-likeness (QED) is 0.304. The largest absolute Gasteiger partial charge is 0.357 e. The van der Waals surface area contributed by atoms with Crippen LogP contribution in [0.1, 0.15) is 39.3 Å². The van der Waals surface area contributed by atoms with Crippen molar-refractivity contribution in [1.82, 2.24) is 15.4 Å². The second-order valence-electron chi connectivity index (χ2n) is 6.34. The number of sulfonamides is 1. The van der Waals surface area contributed by atoms with Gasteiger partial charge in [-0.15, -0.1) is 24.0 Å². The summed E-state index contributed by atoms with van der Waals surface area (Å²) in [7, 11) is -3.29. The van der Waals surface area contributed by atoms with Crippen LogP contribution in [0.3, 0.4) is 0 Å². The van der Waals surface area contributed by atoms with Crippen LogP contribution in [0.2, 0.25) is 5.02 Å². The number of rotatable bonds is 7. The molecule has 0 saturated carbocycles. The molecule has 1 atom stereocenters. The highest BCUT2D eigenvalue weighted by molar-refractivity contribution is 14.0. The molecule has 6 nitrogen and oxygen atoms in total. The van der Waals surface area contributed by atoms with Gasteiger partial charge in [-0.25, -0.2) is 13.1 Å². The van der Waals surface area contributed by atoms with Gasteiger partial charge in [0.05, 0.1) is 18.8 Å². The van der Waals surface area contributed by atoms with Crippen molar-refractivity contribution in [2.75, 3.05) is 19.3 Å². The van der Waals surface area contributed by atoms with Crippen LogP contribution in [0.15, 0.2) is 29.3 Å². The number of nitrogens with one attached hydrogen (secondary N) is 3. The zero-order valence-electron chi connectivity index (χ0n) is 15.3. The molecule has 1 aromatic carbocycles. The van der Waals surface area contributed by atoms with Gasteiger partial charge in [-0.05, 0) is 39.3 Å². The smallest absolute Gasteiger partial charge is 0.209 e. The lowest BCUT2D eigenvalue weighted by molar-refractivity contribution is 0.464. The highest BCUT2D eigenvalue weighted by Gasteiger charge is 2.22. The molecule has 0 bridgehead atoms. The molecule has 1 aromatic rings. The Kier molecular flexibility index (Phi) is 10.3. The summed E-state index contributed by atoms with van der Waals surface area (Å²) in [5.41, 5.74) is 0.294. The van der Waals surface area contributed by atoms with Crippen molar-refractivity contribution < 1.29 is 8.42 Å². The van der Waals surface area contributed by atoms with Crippen LogP contribution in [0.25, 0.3) is 0 Å². The van der Waals surface area contributed by atoms with E-state index in [1.165, 1.54) is 0 Å². The fourth-order valence-corrected chi connectivity index (χ4v) is 3.61. The van der Waals surface area contributed by atoms with Crippen LogP contribution in [-0.4, -0.2) is 39.3 Å². The van der Waals surface area contributed by atoms with Crippen molar-refractivity contribution in [3.05, 3.63) is 34.9 Å². The Morgan fingerprint density at radius 2 is 1.92 bits per heavy atom. The van der Waals surface area contributed by atoms with Crippen LogP contribution in [0.4, 0.5) is 0 Å². The summed E-state index contributed by atoms with van der Waals surface area (Å²) < 4.78 is 25.4. The van der Waals surface area contributed by atoms with E-state index in [9.17, 15) is 8.42 Å². The molecular weight excluding hydrogens is 475 g/mol. The molecule has 0 amide bonds. The molecule has 3 N–H and O–H groups in total. The fraction of sp³-hybridized carbons (Fsp3) is 0.562. The summed E-state index contributed by atoms with van der Waals surface area (Å²) in [5, 5.41) is 7.13. The van der Waals surface area contributed by atoms with Crippen molar-refractivity contribution in [1.29, 1.82) is 0 Å². The van der Waals surface area contributed by atoms with Crippen LogP contribution in [0, 0.1) is 0 Å². The number of nitrogens with zero attached hydrogens (tertiary/aromatic N) is 1. The van der Waals surface area contributed by atoms with Gasteiger partial charge in [0.2, 0.25) is 10.0 Å². The lowest BCUT2D eigenvalue weighted by Crippen LogP contribution is -2.47. The molecule has 0 radical (unpaired) electrons. The van der Waals surface area contributed by atoms with E-state index in [4.69, 9.17) is 11.6 Å². The first-order valence-electron chi connectivity index (χ1n) is 7.82. The van der Waals surface area contributed by atoms with Gasteiger partial charge in [0, 0.05) is 17.1 Å². The number of aliphatic imine (C=N–C) groups is 1.